The minimum absolute atomic E-state index is 0.0404. The van der Waals surface area contributed by atoms with Crippen molar-refractivity contribution in [3.05, 3.63) is 39.9 Å². The number of nitro benzene ring substituents is 1. The van der Waals surface area contributed by atoms with Gasteiger partial charge in [-0.05, 0) is 17.7 Å². The predicted molar refractivity (Wildman–Crippen MR) is 99.5 cm³/mol. The number of thiol groups is 1. The van der Waals surface area contributed by atoms with Crippen molar-refractivity contribution < 1.29 is 24.1 Å². The molecule has 0 saturated carbocycles. The summed E-state index contributed by atoms with van der Waals surface area (Å²) in [6, 6.07) is 5.71. The molecule has 0 bridgehead atoms. The number of ether oxygens (including phenoxy) is 1. The van der Waals surface area contributed by atoms with Gasteiger partial charge in [-0.2, -0.15) is 12.6 Å². The van der Waals surface area contributed by atoms with Gasteiger partial charge < -0.3 is 14.5 Å². The Kier molecular flexibility index (Phi) is 6.99. The molecule has 1 aliphatic rings. The van der Waals surface area contributed by atoms with Crippen LogP contribution in [0.1, 0.15) is 12.0 Å². The van der Waals surface area contributed by atoms with E-state index in [2.05, 4.69) is 17.8 Å². The zero-order chi connectivity index (χ0) is 20.0. The lowest BCUT2D eigenvalue weighted by atomic mass is 10.2. The van der Waals surface area contributed by atoms with Gasteiger partial charge in [-0.25, -0.2) is 4.79 Å². The number of likely N-dealkylation sites (N-methyl/N-ethyl adjacent to an activating group) is 1. The van der Waals surface area contributed by atoms with Gasteiger partial charge in [-0.1, -0.05) is 5.16 Å². The van der Waals surface area contributed by atoms with E-state index in [1.165, 1.54) is 34.1 Å². The molecule has 0 aliphatic carbocycles. The molecule has 11 heteroatoms. The molecule has 0 radical (unpaired) electrons. The van der Waals surface area contributed by atoms with E-state index >= 15 is 0 Å². The SMILES string of the molecule is CN(C)C(=O)CON=C1C[C@H](S)CN1C(=O)OCc1ccc([N+](=O)[O-])cc1. The highest BCUT2D eigenvalue weighted by atomic mass is 32.1. The van der Waals surface area contributed by atoms with Crippen LogP contribution in [0.2, 0.25) is 0 Å². The van der Waals surface area contributed by atoms with Gasteiger partial charge in [0.15, 0.2) is 12.4 Å². The molecule has 0 unspecified atom stereocenters. The molecular weight excluding hydrogens is 376 g/mol. The molecule has 1 aliphatic heterocycles. The van der Waals surface area contributed by atoms with Crippen LogP contribution in [0.15, 0.2) is 29.4 Å². The van der Waals surface area contributed by atoms with Crippen LogP contribution in [0.5, 0.6) is 0 Å². The number of rotatable bonds is 6. The van der Waals surface area contributed by atoms with Crippen molar-refractivity contribution in [1.29, 1.82) is 0 Å². The number of amides is 2. The van der Waals surface area contributed by atoms with Gasteiger partial charge in [0.2, 0.25) is 0 Å². The normalized spacial score (nSPS) is 17.7. The van der Waals surface area contributed by atoms with Crippen molar-refractivity contribution >= 4 is 36.2 Å². The highest BCUT2D eigenvalue weighted by molar-refractivity contribution is 7.81. The molecule has 1 heterocycles. The van der Waals surface area contributed by atoms with Gasteiger partial charge in [0.25, 0.3) is 11.6 Å². The van der Waals surface area contributed by atoms with E-state index in [4.69, 9.17) is 9.57 Å². The summed E-state index contributed by atoms with van der Waals surface area (Å²) in [5.74, 6) is 0.0716. The molecule has 2 rings (SSSR count). The minimum atomic E-state index is -0.633. The molecule has 27 heavy (non-hydrogen) atoms. The molecule has 0 aromatic heterocycles. The fourth-order valence-corrected chi connectivity index (χ4v) is 2.52. The fourth-order valence-electron chi connectivity index (χ4n) is 2.20. The number of benzene rings is 1. The van der Waals surface area contributed by atoms with Crippen molar-refractivity contribution in [2.24, 2.45) is 5.16 Å². The van der Waals surface area contributed by atoms with E-state index in [-0.39, 0.29) is 30.1 Å². The highest BCUT2D eigenvalue weighted by Gasteiger charge is 2.32. The molecule has 0 N–H and O–H groups in total. The summed E-state index contributed by atoms with van der Waals surface area (Å²) in [4.78, 5) is 41.6. The molecule has 1 aromatic rings. The second kappa shape index (κ2) is 9.21. The van der Waals surface area contributed by atoms with Crippen molar-refractivity contribution in [1.82, 2.24) is 9.80 Å². The van der Waals surface area contributed by atoms with Crippen LogP contribution in [0.25, 0.3) is 0 Å². The molecule has 0 spiro atoms. The molecule has 1 atom stereocenters. The summed E-state index contributed by atoms with van der Waals surface area (Å²) in [6.07, 6.45) is -0.238. The largest absolute Gasteiger partial charge is 0.444 e. The molecule has 1 fully saturated rings. The summed E-state index contributed by atoms with van der Waals surface area (Å²) >= 11 is 4.34. The Morgan fingerprint density at radius 1 is 1.37 bits per heavy atom. The summed E-state index contributed by atoms with van der Waals surface area (Å²) in [7, 11) is 3.19. The van der Waals surface area contributed by atoms with E-state index in [0.717, 1.165) is 0 Å². The van der Waals surface area contributed by atoms with Crippen molar-refractivity contribution in [3.63, 3.8) is 0 Å². The Labute approximate surface area is 161 Å². The van der Waals surface area contributed by atoms with Gasteiger partial charge in [-0.15, -0.1) is 0 Å². The first kappa shape index (κ1) is 20.5. The molecule has 2 amide bonds. The Morgan fingerprint density at radius 2 is 2.04 bits per heavy atom. The first-order valence-electron chi connectivity index (χ1n) is 8.02. The average Bonchev–Trinajstić information content (AvgIpc) is 3.00. The van der Waals surface area contributed by atoms with E-state index < -0.39 is 11.0 Å². The van der Waals surface area contributed by atoms with E-state index in [9.17, 15) is 19.7 Å². The number of carbonyl (C=O) groups is 2. The molecule has 146 valence electrons. The Bertz CT molecular complexity index is 737. The lowest BCUT2D eigenvalue weighted by Gasteiger charge is -2.16. The van der Waals surface area contributed by atoms with Gasteiger partial charge in [0, 0.05) is 44.4 Å². The van der Waals surface area contributed by atoms with Crippen LogP contribution in [0, 0.1) is 10.1 Å². The van der Waals surface area contributed by atoms with Crippen LogP contribution in [-0.4, -0.2) is 65.1 Å². The quantitative estimate of drug-likeness (QED) is 0.444. The number of non-ortho nitro benzene ring substituents is 1. The van der Waals surface area contributed by atoms with Gasteiger partial charge in [-0.3, -0.25) is 19.8 Å². The van der Waals surface area contributed by atoms with Gasteiger partial charge >= 0.3 is 6.09 Å². The van der Waals surface area contributed by atoms with E-state index in [1.54, 1.807) is 14.1 Å². The number of hydrogen-bond acceptors (Lipinski definition) is 8. The third-order valence-electron chi connectivity index (χ3n) is 3.71. The van der Waals surface area contributed by atoms with Crippen LogP contribution >= 0.6 is 12.6 Å². The van der Waals surface area contributed by atoms with Crippen molar-refractivity contribution in [2.45, 2.75) is 18.3 Å². The molecular formula is C16H20N4O6S. The Hall–Kier alpha value is -2.82. The van der Waals surface area contributed by atoms with Crippen LogP contribution in [0.4, 0.5) is 10.5 Å². The Morgan fingerprint density at radius 3 is 2.63 bits per heavy atom. The standard InChI is InChI=1S/C16H20N4O6S/c1-18(2)15(21)10-26-17-14-7-13(27)8-19(14)16(22)25-9-11-3-5-12(6-4-11)20(23)24/h3-6,13,27H,7-10H2,1-2H3/t13-/m0/s1. The maximum absolute atomic E-state index is 12.3. The summed E-state index contributed by atoms with van der Waals surface area (Å²) in [5, 5.41) is 14.4. The molecule has 1 saturated heterocycles. The van der Waals surface area contributed by atoms with Gasteiger partial charge in [0.05, 0.1) is 4.92 Å². The second-order valence-corrected chi connectivity index (χ2v) is 6.75. The van der Waals surface area contributed by atoms with Crippen molar-refractivity contribution in [3.8, 4) is 0 Å². The van der Waals surface area contributed by atoms with Crippen molar-refractivity contribution in [2.75, 3.05) is 27.2 Å². The third-order valence-corrected chi connectivity index (χ3v) is 4.06. The first-order valence-corrected chi connectivity index (χ1v) is 8.54. The summed E-state index contributed by atoms with van der Waals surface area (Å²) in [5.41, 5.74) is 0.572. The van der Waals surface area contributed by atoms with Crippen LogP contribution in [0.3, 0.4) is 0 Å². The van der Waals surface area contributed by atoms with E-state index in [1.807, 2.05) is 0 Å². The Balaban J connectivity index is 1.92. The predicted octanol–water partition coefficient (Wildman–Crippen LogP) is 1.65. The summed E-state index contributed by atoms with van der Waals surface area (Å²) in [6.45, 7) is 0.0171. The van der Waals surface area contributed by atoms with Crippen LogP contribution < -0.4 is 0 Å². The molecule has 10 nitrogen and oxygen atoms in total. The topological polar surface area (TPSA) is 115 Å². The zero-order valence-electron chi connectivity index (χ0n) is 14.9. The minimum Gasteiger partial charge on any atom is -0.444 e. The number of carbonyl (C=O) groups excluding carboxylic acids is 2. The number of nitro groups is 1. The van der Waals surface area contributed by atoms with E-state index in [0.29, 0.717) is 24.4 Å². The number of oxime groups is 1. The van der Waals surface area contributed by atoms with Gasteiger partial charge in [0.1, 0.15) is 6.61 Å². The zero-order valence-corrected chi connectivity index (χ0v) is 15.8. The van der Waals surface area contributed by atoms with Crippen LogP contribution in [-0.2, 0) is 21.0 Å². The maximum atomic E-state index is 12.3. The summed E-state index contributed by atoms with van der Waals surface area (Å²) < 4.78 is 5.23. The monoisotopic (exact) mass is 396 g/mol. The lowest BCUT2D eigenvalue weighted by molar-refractivity contribution is -0.384. The first-order chi connectivity index (χ1) is 12.8. The second-order valence-electron chi connectivity index (χ2n) is 6.02. The molecule has 1 aromatic carbocycles. The smallest absolute Gasteiger partial charge is 0.415 e. The third kappa shape index (κ3) is 5.84. The average molecular weight is 396 g/mol. The highest BCUT2D eigenvalue weighted by Crippen LogP contribution is 2.19. The number of amidine groups is 1. The number of hydrogen-bond donors (Lipinski definition) is 1. The maximum Gasteiger partial charge on any atom is 0.415 e. The lowest BCUT2D eigenvalue weighted by Crippen LogP contribution is -2.33. The number of likely N-dealkylation sites (tertiary alicyclic amines) is 1. The fraction of sp³-hybridized carbons (Fsp3) is 0.438. The number of nitrogens with zero attached hydrogens (tertiary/aromatic N) is 4.